The summed E-state index contributed by atoms with van der Waals surface area (Å²) in [5, 5.41) is 17.8. The molecular formula is C33H37Br2N3O3. The van der Waals surface area contributed by atoms with Crippen LogP contribution in [-0.4, -0.2) is 42.2 Å². The molecule has 1 saturated carbocycles. The van der Waals surface area contributed by atoms with E-state index in [0.29, 0.717) is 44.0 Å². The summed E-state index contributed by atoms with van der Waals surface area (Å²) in [6.45, 7) is 1.58. The summed E-state index contributed by atoms with van der Waals surface area (Å²) in [4.78, 5) is 28.2. The van der Waals surface area contributed by atoms with Gasteiger partial charge >= 0.3 is 0 Å². The number of carbonyl (C=O) groups is 2. The van der Waals surface area contributed by atoms with Crippen molar-refractivity contribution in [3.05, 3.63) is 97.9 Å². The van der Waals surface area contributed by atoms with Crippen molar-refractivity contribution < 1.29 is 14.7 Å². The second-order valence-electron chi connectivity index (χ2n) is 11.2. The van der Waals surface area contributed by atoms with Gasteiger partial charge in [0.2, 0.25) is 5.91 Å². The van der Waals surface area contributed by atoms with Gasteiger partial charge in [-0.05, 0) is 84.7 Å². The van der Waals surface area contributed by atoms with Gasteiger partial charge in [-0.2, -0.15) is 0 Å². The van der Waals surface area contributed by atoms with Crippen LogP contribution in [0, 0.1) is 0 Å². The van der Waals surface area contributed by atoms with Gasteiger partial charge in [-0.1, -0.05) is 75.0 Å². The van der Waals surface area contributed by atoms with Gasteiger partial charge in [-0.15, -0.1) is 0 Å². The number of halogens is 2. The van der Waals surface area contributed by atoms with E-state index in [9.17, 15) is 14.7 Å². The fourth-order valence-corrected chi connectivity index (χ4v) is 7.35. The molecule has 1 aliphatic carbocycles. The Morgan fingerprint density at radius 1 is 0.951 bits per heavy atom. The highest BCUT2D eigenvalue weighted by Gasteiger charge is 2.27. The van der Waals surface area contributed by atoms with Gasteiger partial charge in [0.05, 0.1) is 12.1 Å². The molecule has 1 saturated heterocycles. The molecule has 41 heavy (non-hydrogen) atoms. The highest BCUT2D eigenvalue weighted by Crippen LogP contribution is 2.37. The van der Waals surface area contributed by atoms with Crippen LogP contribution in [0.2, 0.25) is 0 Å². The minimum absolute atomic E-state index is 0.112. The summed E-state index contributed by atoms with van der Waals surface area (Å²) in [6, 6.07) is 21.4. The van der Waals surface area contributed by atoms with E-state index < -0.39 is 12.1 Å². The molecule has 2 aliphatic rings. The van der Waals surface area contributed by atoms with Crippen molar-refractivity contribution in [1.82, 2.24) is 10.6 Å². The Morgan fingerprint density at radius 2 is 1.68 bits per heavy atom. The minimum Gasteiger partial charge on any atom is -0.390 e. The van der Waals surface area contributed by atoms with Gasteiger partial charge in [0.1, 0.15) is 0 Å². The van der Waals surface area contributed by atoms with Crippen molar-refractivity contribution >= 4 is 49.4 Å². The Morgan fingerprint density at radius 3 is 2.37 bits per heavy atom. The molecular weight excluding hydrogens is 646 g/mol. The van der Waals surface area contributed by atoms with Crippen LogP contribution in [0.25, 0.3) is 0 Å². The zero-order chi connectivity index (χ0) is 28.8. The zero-order valence-electron chi connectivity index (χ0n) is 23.1. The zero-order valence-corrected chi connectivity index (χ0v) is 26.3. The van der Waals surface area contributed by atoms with Crippen LogP contribution < -0.4 is 15.5 Å². The third kappa shape index (κ3) is 8.07. The van der Waals surface area contributed by atoms with Crippen LogP contribution in [0.1, 0.15) is 71.5 Å². The van der Waals surface area contributed by atoms with E-state index in [2.05, 4.69) is 48.6 Å². The van der Waals surface area contributed by atoms with Crippen LogP contribution in [0.4, 0.5) is 5.69 Å². The maximum atomic E-state index is 13.8. The number of hydrogen-bond donors (Lipinski definition) is 3. The van der Waals surface area contributed by atoms with E-state index in [1.165, 1.54) is 12.8 Å². The first-order valence-corrected chi connectivity index (χ1v) is 16.1. The van der Waals surface area contributed by atoms with Gasteiger partial charge in [0.15, 0.2) is 0 Å². The van der Waals surface area contributed by atoms with E-state index in [4.69, 9.17) is 0 Å². The summed E-state index contributed by atoms with van der Waals surface area (Å²) < 4.78 is 1.96. The first-order valence-electron chi connectivity index (χ1n) is 14.5. The number of hydrogen-bond acceptors (Lipinski definition) is 4. The normalized spacial score (nSPS) is 17.1. The average molecular weight is 683 g/mol. The predicted octanol–water partition coefficient (Wildman–Crippen LogP) is 6.49. The Kier molecular flexibility index (Phi) is 10.3. The molecule has 0 bridgehead atoms. The minimum atomic E-state index is -0.813. The van der Waals surface area contributed by atoms with Crippen molar-refractivity contribution in [1.29, 1.82) is 0 Å². The molecule has 1 heterocycles. The number of nitrogens with zero attached hydrogens (tertiary/aromatic N) is 1. The van der Waals surface area contributed by atoms with E-state index in [1.54, 1.807) is 0 Å². The van der Waals surface area contributed by atoms with Gasteiger partial charge in [-0.25, -0.2) is 0 Å². The van der Waals surface area contributed by atoms with Crippen LogP contribution in [0.3, 0.4) is 0 Å². The standard InChI is InChI=1S/C33H37Br2N3O3/c34-27-13-23(14-28(35)19-27)20-36-21-31(39)30(15-22-7-2-1-3-8-22)37-33(41)26-16-25(24-9-4-5-10-24)17-29(18-26)38-12-6-11-32(38)40/h1-3,7-8,13-14,16-19,24,30-31,36,39H,4-6,9-12,15,20-21H2,(H,37,41)/t30-,31+/m0/s1. The third-order valence-corrected chi connectivity index (χ3v) is 9.01. The lowest BCUT2D eigenvalue weighted by atomic mass is 9.94. The summed E-state index contributed by atoms with van der Waals surface area (Å²) in [5.41, 5.74) is 4.60. The molecule has 5 rings (SSSR count). The number of anilines is 1. The number of nitrogens with one attached hydrogen (secondary N) is 2. The fraction of sp³-hybridized carbons (Fsp3) is 0.394. The Balaban J connectivity index is 1.34. The quantitative estimate of drug-likeness (QED) is 0.216. The molecule has 0 radical (unpaired) electrons. The van der Waals surface area contributed by atoms with Crippen molar-refractivity contribution in [3.63, 3.8) is 0 Å². The second kappa shape index (κ2) is 14.1. The third-order valence-electron chi connectivity index (χ3n) is 8.10. The van der Waals surface area contributed by atoms with Crippen LogP contribution in [0.15, 0.2) is 75.7 Å². The number of rotatable bonds is 11. The predicted molar refractivity (Wildman–Crippen MR) is 170 cm³/mol. The Labute approximate surface area is 259 Å². The molecule has 2 atom stereocenters. The largest absolute Gasteiger partial charge is 0.390 e. The maximum Gasteiger partial charge on any atom is 0.251 e. The molecule has 3 aromatic rings. The molecule has 8 heteroatoms. The molecule has 216 valence electrons. The highest BCUT2D eigenvalue weighted by atomic mass is 79.9. The summed E-state index contributed by atoms with van der Waals surface area (Å²) >= 11 is 7.05. The fourth-order valence-electron chi connectivity index (χ4n) is 5.96. The number of aliphatic hydroxyl groups excluding tert-OH is 1. The maximum absolute atomic E-state index is 13.8. The number of aliphatic hydroxyl groups is 1. The average Bonchev–Trinajstić information content (AvgIpc) is 3.65. The van der Waals surface area contributed by atoms with E-state index in [1.807, 2.05) is 65.6 Å². The van der Waals surface area contributed by atoms with Crippen LogP contribution in [0.5, 0.6) is 0 Å². The lowest BCUT2D eigenvalue weighted by Gasteiger charge is -2.26. The van der Waals surface area contributed by atoms with Crippen molar-refractivity contribution in [3.8, 4) is 0 Å². The van der Waals surface area contributed by atoms with E-state index >= 15 is 0 Å². The topological polar surface area (TPSA) is 81.7 Å². The van der Waals surface area contributed by atoms with Crippen molar-refractivity contribution in [2.24, 2.45) is 0 Å². The van der Waals surface area contributed by atoms with E-state index in [0.717, 1.165) is 50.6 Å². The lowest BCUT2D eigenvalue weighted by molar-refractivity contribution is -0.117. The van der Waals surface area contributed by atoms with Crippen molar-refractivity contribution in [2.45, 2.75) is 69.6 Å². The van der Waals surface area contributed by atoms with Gasteiger partial charge < -0.3 is 20.6 Å². The monoisotopic (exact) mass is 681 g/mol. The molecule has 0 unspecified atom stereocenters. The smallest absolute Gasteiger partial charge is 0.251 e. The summed E-state index contributed by atoms with van der Waals surface area (Å²) in [7, 11) is 0. The first kappa shape index (κ1) is 30.0. The highest BCUT2D eigenvalue weighted by molar-refractivity contribution is 9.11. The number of amides is 2. The Hall–Kier alpha value is -2.52. The summed E-state index contributed by atoms with van der Waals surface area (Å²) in [5.74, 6) is 0.293. The molecule has 0 aromatic heterocycles. The number of carbonyl (C=O) groups excluding carboxylic acids is 2. The van der Waals surface area contributed by atoms with Crippen LogP contribution in [-0.2, 0) is 17.8 Å². The Bertz CT molecular complexity index is 1340. The lowest BCUT2D eigenvalue weighted by Crippen LogP contribution is -2.48. The molecule has 1 aliphatic heterocycles. The molecule has 3 aromatic carbocycles. The van der Waals surface area contributed by atoms with Gasteiger partial charge in [0.25, 0.3) is 5.91 Å². The molecule has 6 nitrogen and oxygen atoms in total. The molecule has 3 N–H and O–H groups in total. The SMILES string of the molecule is O=C(N[C@@H](Cc1ccccc1)[C@H](O)CNCc1cc(Br)cc(Br)c1)c1cc(C2CCCC2)cc(N2CCCC2=O)c1. The van der Waals surface area contributed by atoms with E-state index in [-0.39, 0.29) is 11.8 Å². The number of benzene rings is 3. The molecule has 2 amide bonds. The molecule has 2 fully saturated rings. The van der Waals surface area contributed by atoms with Gasteiger partial charge in [-0.3, -0.25) is 9.59 Å². The summed E-state index contributed by atoms with van der Waals surface area (Å²) in [6.07, 6.45) is 5.66. The first-order chi connectivity index (χ1) is 19.9. The van der Waals surface area contributed by atoms with Crippen LogP contribution >= 0.6 is 31.9 Å². The van der Waals surface area contributed by atoms with Crippen molar-refractivity contribution in [2.75, 3.05) is 18.0 Å². The molecule has 0 spiro atoms. The van der Waals surface area contributed by atoms with Gasteiger partial charge in [0, 0.05) is 46.3 Å². The second-order valence-corrected chi connectivity index (χ2v) is 13.0.